The van der Waals surface area contributed by atoms with Crippen LogP contribution in [0, 0.1) is 12.8 Å². The molecule has 2 unspecified atom stereocenters. The summed E-state index contributed by atoms with van der Waals surface area (Å²) in [7, 11) is 0. The molecule has 0 fully saturated rings. The molecule has 2 rings (SSSR count). The van der Waals surface area contributed by atoms with Crippen molar-refractivity contribution in [3.8, 4) is 11.3 Å². The first-order chi connectivity index (χ1) is 9.93. The first kappa shape index (κ1) is 15.6. The average Bonchev–Trinajstić information content (AvgIpc) is 2.80. The highest BCUT2D eigenvalue weighted by Gasteiger charge is 2.27. The zero-order valence-corrected chi connectivity index (χ0v) is 13.3. The second kappa shape index (κ2) is 6.35. The van der Waals surface area contributed by atoms with Crippen LogP contribution in [0.1, 0.15) is 31.9 Å². The van der Waals surface area contributed by atoms with Crippen LogP contribution in [0.2, 0.25) is 5.02 Å². The van der Waals surface area contributed by atoms with E-state index in [1.165, 1.54) is 0 Å². The molecule has 0 saturated carbocycles. The number of carboxylic acids is 1. The van der Waals surface area contributed by atoms with E-state index in [-0.39, 0.29) is 5.92 Å². The molecule has 0 saturated heterocycles. The van der Waals surface area contributed by atoms with Crippen LogP contribution in [-0.2, 0) is 4.79 Å². The number of hydrogen-bond donors (Lipinski definition) is 1. The number of nitrogens with zero attached hydrogens (tertiary/aromatic N) is 1. The summed E-state index contributed by atoms with van der Waals surface area (Å²) in [4.78, 5) is 11.7. The van der Waals surface area contributed by atoms with Crippen molar-refractivity contribution in [2.45, 2.75) is 33.2 Å². The van der Waals surface area contributed by atoms with Gasteiger partial charge >= 0.3 is 5.97 Å². The Balaban J connectivity index is 2.53. The SMILES string of the molecule is CCC(C)C(C(=O)O)n1cc(C)cc1-c1ccc(Cl)cc1. The molecule has 1 aromatic carbocycles. The predicted octanol–water partition coefficient (Wildman–Crippen LogP) is 4.79. The van der Waals surface area contributed by atoms with Gasteiger partial charge in [-0.1, -0.05) is 44.0 Å². The highest BCUT2D eigenvalue weighted by atomic mass is 35.5. The lowest BCUT2D eigenvalue weighted by Gasteiger charge is -2.23. The zero-order valence-electron chi connectivity index (χ0n) is 12.5. The number of halogens is 1. The van der Waals surface area contributed by atoms with Crippen molar-refractivity contribution in [2.24, 2.45) is 5.92 Å². The van der Waals surface area contributed by atoms with Crippen molar-refractivity contribution < 1.29 is 9.90 Å². The minimum atomic E-state index is -0.796. The summed E-state index contributed by atoms with van der Waals surface area (Å²) in [6, 6.07) is 8.94. The number of aryl methyl sites for hydroxylation is 1. The fourth-order valence-corrected chi connectivity index (χ4v) is 2.69. The maximum atomic E-state index is 11.7. The Bertz CT molecular complexity index is 631. The van der Waals surface area contributed by atoms with E-state index in [1.54, 1.807) is 0 Å². The van der Waals surface area contributed by atoms with Crippen molar-refractivity contribution in [1.29, 1.82) is 0 Å². The fraction of sp³-hybridized carbons (Fsp3) is 0.353. The molecule has 0 spiro atoms. The lowest BCUT2D eigenvalue weighted by atomic mass is 9.98. The summed E-state index contributed by atoms with van der Waals surface area (Å²) >= 11 is 5.93. The van der Waals surface area contributed by atoms with Gasteiger partial charge in [0.2, 0.25) is 0 Å². The molecule has 0 bridgehead atoms. The maximum Gasteiger partial charge on any atom is 0.326 e. The summed E-state index contributed by atoms with van der Waals surface area (Å²) in [5.74, 6) is -0.740. The zero-order chi connectivity index (χ0) is 15.6. The van der Waals surface area contributed by atoms with E-state index in [0.29, 0.717) is 5.02 Å². The first-order valence-electron chi connectivity index (χ1n) is 7.11. The van der Waals surface area contributed by atoms with Crippen molar-refractivity contribution >= 4 is 17.6 Å². The number of hydrogen-bond acceptors (Lipinski definition) is 1. The minimum Gasteiger partial charge on any atom is -0.480 e. The first-order valence-corrected chi connectivity index (χ1v) is 7.49. The number of aromatic nitrogens is 1. The van der Waals surface area contributed by atoms with Gasteiger partial charge in [0.15, 0.2) is 0 Å². The average molecular weight is 306 g/mol. The van der Waals surface area contributed by atoms with Crippen molar-refractivity contribution in [1.82, 2.24) is 4.57 Å². The van der Waals surface area contributed by atoms with Crippen LogP contribution in [0.25, 0.3) is 11.3 Å². The van der Waals surface area contributed by atoms with Gasteiger partial charge in [-0.25, -0.2) is 4.79 Å². The van der Waals surface area contributed by atoms with E-state index in [2.05, 4.69) is 0 Å². The van der Waals surface area contributed by atoms with Crippen LogP contribution in [0.3, 0.4) is 0 Å². The number of aliphatic carboxylic acids is 1. The summed E-state index contributed by atoms with van der Waals surface area (Å²) < 4.78 is 1.87. The van der Waals surface area contributed by atoms with E-state index in [4.69, 9.17) is 11.6 Å². The Morgan fingerprint density at radius 3 is 2.48 bits per heavy atom. The Hall–Kier alpha value is -1.74. The molecule has 1 heterocycles. The quantitative estimate of drug-likeness (QED) is 0.863. The largest absolute Gasteiger partial charge is 0.480 e. The van der Waals surface area contributed by atoms with E-state index in [0.717, 1.165) is 23.2 Å². The maximum absolute atomic E-state index is 11.7. The van der Waals surface area contributed by atoms with Crippen LogP contribution in [0.5, 0.6) is 0 Å². The molecule has 112 valence electrons. The standard InChI is InChI=1S/C17H20ClNO2/c1-4-12(3)16(17(20)21)19-10-11(2)9-15(19)13-5-7-14(18)8-6-13/h5-10,12,16H,4H2,1-3H3,(H,20,21). The second-order valence-corrected chi connectivity index (χ2v) is 5.92. The Kier molecular flexibility index (Phi) is 4.73. The summed E-state index contributed by atoms with van der Waals surface area (Å²) in [5.41, 5.74) is 2.94. The topological polar surface area (TPSA) is 42.2 Å². The molecule has 1 aromatic heterocycles. The van der Waals surface area contributed by atoms with Gasteiger partial charge in [0.05, 0.1) is 0 Å². The van der Waals surface area contributed by atoms with Crippen LogP contribution in [0.15, 0.2) is 36.5 Å². The van der Waals surface area contributed by atoms with Gasteiger partial charge in [-0.15, -0.1) is 0 Å². The Morgan fingerprint density at radius 1 is 1.33 bits per heavy atom. The molecule has 0 aliphatic rings. The third kappa shape index (κ3) is 3.30. The van der Waals surface area contributed by atoms with Gasteiger partial charge in [-0.05, 0) is 42.2 Å². The highest BCUT2D eigenvalue weighted by molar-refractivity contribution is 6.30. The lowest BCUT2D eigenvalue weighted by molar-refractivity contribution is -0.142. The molecule has 0 amide bonds. The van der Waals surface area contributed by atoms with Crippen molar-refractivity contribution in [3.05, 3.63) is 47.1 Å². The van der Waals surface area contributed by atoms with Crippen LogP contribution < -0.4 is 0 Å². The van der Waals surface area contributed by atoms with Gasteiger partial charge in [0, 0.05) is 16.9 Å². The van der Waals surface area contributed by atoms with Gasteiger partial charge in [-0.3, -0.25) is 0 Å². The molecule has 21 heavy (non-hydrogen) atoms. The van der Waals surface area contributed by atoms with E-state index in [1.807, 2.05) is 61.9 Å². The van der Waals surface area contributed by atoms with Crippen LogP contribution >= 0.6 is 11.6 Å². The van der Waals surface area contributed by atoms with Crippen LogP contribution in [-0.4, -0.2) is 15.6 Å². The molecule has 4 heteroatoms. The molecule has 1 N–H and O–H groups in total. The van der Waals surface area contributed by atoms with Crippen LogP contribution in [0.4, 0.5) is 0 Å². The Morgan fingerprint density at radius 2 is 1.95 bits per heavy atom. The molecule has 2 atom stereocenters. The van der Waals surface area contributed by atoms with Gasteiger partial charge in [0.25, 0.3) is 0 Å². The number of rotatable bonds is 5. The summed E-state index contributed by atoms with van der Waals surface area (Å²) in [5, 5.41) is 10.3. The van der Waals surface area contributed by atoms with Gasteiger partial charge < -0.3 is 9.67 Å². The molecular weight excluding hydrogens is 286 g/mol. The molecule has 0 aliphatic carbocycles. The second-order valence-electron chi connectivity index (χ2n) is 5.49. The lowest BCUT2D eigenvalue weighted by Crippen LogP contribution is -2.25. The smallest absolute Gasteiger partial charge is 0.326 e. The molecule has 2 aromatic rings. The van der Waals surface area contributed by atoms with Gasteiger partial charge in [0.1, 0.15) is 6.04 Å². The van der Waals surface area contributed by atoms with Crippen molar-refractivity contribution in [3.63, 3.8) is 0 Å². The third-order valence-electron chi connectivity index (χ3n) is 3.86. The predicted molar refractivity (Wildman–Crippen MR) is 85.7 cm³/mol. The fourth-order valence-electron chi connectivity index (χ4n) is 2.56. The number of carbonyl (C=O) groups is 1. The minimum absolute atomic E-state index is 0.0559. The number of carboxylic acid groups (broad SMARTS) is 1. The monoisotopic (exact) mass is 305 g/mol. The molecular formula is C17H20ClNO2. The normalized spacial score (nSPS) is 13.9. The molecule has 3 nitrogen and oxygen atoms in total. The van der Waals surface area contributed by atoms with E-state index in [9.17, 15) is 9.90 Å². The summed E-state index contributed by atoms with van der Waals surface area (Å²) in [6.07, 6.45) is 2.73. The van der Waals surface area contributed by atoms with Gasteiger partial charge in [-0.2, -0.15) is 0 Å². The van der Waals surface area contributed by atoms with E-state index < -0.39 is 12.0 Å². The third-order valence-corrected chi connectivity index (χ3v) is 4.11. The number of benzene rings is 1. The highest BCUT2D eigenvalue weighted by Crippen LogP contribution is 2.31. The van der Waals surface area contributed by atoms with E-state index >= 15 is 0 Å². The molecule has 0 radical (unpaired) electrons. The Labute approximate surface area is 130 Å². The van der Waals surface area contributed by atoms with Crippen molar-refractivity contribution in [2.75, 3.05) is 0 Å². The molecule has 0 aliphatic heterocycles. The summed E-state index contributed by atoms with van der Waals surface area (Å²) in [6.45, 7) is 5.96.